The Bertz CT molecular complexity index is 873. The van der Waals surface area contributed by atoms with Crippen LogP contribution in [0.1, 0.15) is 38.0 Å². The van der Waals surface area contributed by atoms with Crippen LogP contribution in [0.3, 0.4) is 0 Å². The summed E-state index contributed by atoms with van der Waals surface area (Å²) in [6.07, 6.45) is 5.44. The maximum absolute atomic E-state index is 12.4. The number of halogens is 1. The Morgan fingerprint density at radius 3 is 2.80 bits per heavy atom. The van der Waals surface area contributed by atoms with Gasteiger partial charge in [0.15, 0.2) is 0 Å². The van der Waals surface area contributed by atoms with Crippen LogP contribution in [-0.4, -0.2) is 24.3 Å². The van der Waals surface area contributed by atoms with Crippen LogP contribution in [0.2, 0.25) is 5.02 Å². The molecule has 1 heterocycles. The number of nitrogens with one attached hydrogen (secondary N) is 1. The van der Waals surface area contributed by atoms with Crippen LogP contribution >= 0.6 is 11.6 Å². The Labute approximate surface area is 152 Å². The highest BCUT2D eigenvalue weighted by Gasteiger charge is 2.47. The van der Waals surface area contributed by atoms with Gasteiger partial charge < -0.3 is 4.52 Å². The van der Waals surface area contributed by atoms with Crippen LogP contribution in [0.15, 0.2) is 28.8 Å². The molecule has 0 radical (unpaired) electrons. The molecule has 2 saturated carbocycles. The van der Waals surface area contributed by atoms with Gasteiger partial charge in [-0.15, -0.1) is 0 Å². The van der Waals surface area contributed by atoms with Crippen molar-refractivity contribution in [1.29, 1.82) is 0 Å². The van der Waals surface area contributed by atoms with Crippen LogP contribution in [0.5, 0.6) is 0 Å². The molecular weight excluding hydrogens is 362 g/mol. The zero-order valence-corrected chi connectivity index (χ0v) is 15.3. The largest absolute Gasteiger partial charge is 0.338 e. The first-order valence-corrected chi connectivity index (χ1v) is 10.5. The van der Waals surface area contributed by atoms with Crippen molar-refractivity contribution in [1.82, 2.24) is 14.9 Å². The Balaban J connectivity index is 1.40. The van der Waals surface area contributed by atoms with E-state index in [2.05, 4.69) is 14.9 Å². The van der Waals surface area contributed by atoms with Gasteiger partial charge in [-0.1, -0.05) is 28.9 Å². The quantitative estimate of drug-likeness (QED) is 0.828. The maximum Gasteiger partial charge on any atom is 0.242 e. The summed E-state index contributed by atoms with van der Waals surface area (Å²) in [6.45, 7) is 0.00933. The maximum atomic E-state index is 12.4. The van der Waals surface area contributed by atoms with E-state index < -0.39 is 10.0 Å². The lowest BCUT2D eigenvalue weighted by Gasteiger charge is -2.25. The molecule has 1 N–H and O–H groups in total. The van der Waals surface area contributed by atoms with Gasteiger partial charge in [-0.3, -0.25) is 0 Å². The predicted octanol–water partition coefficient (Wildman–Crippen LogP) is 3.39. The fourth-order valence-corrected chi connectivity index (χ4v) is 6.06. The smallest absolute Gasteiger partial charge is 0.242 e. The van der Waals surface area contributed by atoms with Crippen molar-refractivity contribution in [2.75, 3.05) is 5.75 Å². The topological polar surface area (TPSA) is 85.1 Å². The molecule has 2 aromatic rings. The second-order valence-corrected chi connectivity index (χ2v) is 9.49. The number of sulfonamides is 1. The van der Waals surface area contributed by atoms with Gasteiger partial charge in [-0.25, -0.2) is 13.1 Å². The molecule has 0 spiro atoms. The number of nitrogens with zero attached hydrogens (tertiary/aromatic N) is 2. The van der Waals surface area contributed by atoms with E-state index in [1.165, 1.54) is 12.8 Å². The number of rotatable bonds is 6. The molecule has 4 rings (SSSR count). The summed E-state index contributed by atoms with van der Waals surface area (Å²) in [7, 11) is -3.37. The molecule has 2 aliphatic carbocycles. The van der Waals surface area contributed by atoms with E-state index in [4.69, 9.17) is 16.1 Å². The summed E-state index contributed by atoms with van der Waals surface area (Å²) >= 11 is 5.96. The van der Waals surface area contributed by atoms with Gasteiger partial charge in [-0.05, 0) is 55.6 Å². The average Bonchev–Trinajstić information content (AvgIpc) is 3.28. The Hall–Kier alpha value is -1.44. The lowest BCUT2D eigenvalue weighted by Crippen LogP contribution is -2.34. The minimum absolute atomic E-state index is 0.00933. The monoisotopic (exact) mass is 381 g/mol. The third-order valence-corrected chi connectivity index (χ3v) is 7.19. The van der Waals surface area contributed by atoms with E-state index in [0.29, 0.717) is 10.8 Å². The molecule has 0 unspecified atom stereocenters. The van der Waals surface area contributed by atoms with E-state index in [-0.39, 0.29) is 23.6 Å². The standard InChI is InChI=1S/C17H20ClN3O3S/c18-14-3-1-2-13(8-14)16-20-15(24-21-16)10-19-25(22,23)11-17-6-4-12(9-17)5-7-17/h1-3,8,12,19H,4-7,9-11H2. The molecule has 1 aromatic carbocycles. The van der Waals surface area contributed by atoms with Crippen molar-refractivity contribution in [3.8, 4) is 11.4 Å². The van der Waals surface area contributed by atoms with Crippen LogP contribution in [0, 0.1) is 11.3 Å². The first-order chi connectivity index (χ1) is 11.9. The summed E-state index contributed by atoms with van der Waals surface area (Å²) in [5, 5.41) is 4.47. The van der Waals surface area contributed by atoms with Gasteiger partial charge in [0.2, 0.25) is 21.7 Å². The van der Waals surface area contributed by atoms with Crippen molar-refractivity contribution in [3.63, 3.8) is 0 Å². The number of hydrogen-bond donors (Lipinski definition) is 1. The summed E-state index contributed by atoms with van der Waals surface area (Å²) < 4.78 is 32.6. The highest BCUT2D eigenvalue weighted by molar-refractivity contribution is 7.89. The van der Waals surface area contributed by atoms with Gasteiger partial charge in [-0.2, -0.15) is 4.98 Å². The Morgan fingerprint density at radius 1 is 1.32 bits per heavy atom. The Morgan fingerprint density at radius 2 is 2.12 bits per heavy atom. The van der Waals surface area contributed by atoms with Crippen LogP contribution in [0.4, 0.5) is 0 Å². The van der Waals surface area contributed by atoms with Gasteiger partial charge in [0, 0.05) is 10.6 Å². The molecule has 6 nitrogen and oxygen atoms in total. The third-order valence-electron chi connectivity index (χ3n) is 5.38. The molecule has 2 aliphatic rings. The van der Waals surface area contributed by atoms with Crippen molar-refractivity contribution in [2.45, 2.75) is 38.6 Å². The molecule has 0 saturated heterocycles. The molecule has 0 aliphatic heterocycles. The molecular formula is C17H20ClN3O3S. The number of aromatic nitrogens is 2. The summed E-state index contributed by atoms with van der Waals surface area (Å²) in [6, 6.07) is 7.11. The first-order valence-electron chi connectivity index (χ1n) is 8.49. The van der Waals surface area contributed by atoms with Gasteiger partial charge in [0.05, 0.1) is 12.3 Å². The average molecular weight is 382 g/mol. The lowest BCUT2D eigenvalue weighted by atomic mass is 9.87. The van der Waals surface area contributed by atoms with Crippen LogP contribution in [-0.2, 0) is 16.6 Å². The van der Waals surface area contributed by atoms with Crippen molar-refractivity contribution in [2.24, 2.45) is 11.3 Å². The van der Waals surface area contributed by atoms with Crippen molar-refractivity contribution < 1.29 is 12.9 Å². The molecule has 2 fully saturated rings. The van der Waals surface area contributed by atoms with E-state index in [1.807, 2.05) is 6.07 Å². The van der Waals surface area contributed by atoms with Crippen molar-refractivity contribution in [3.05, 3.63) is 35.2 Å². The van der Waals surface area contributed by atoms with Crippen molar-refractivity contribution >= 4 is 21.6 Å². The molecule has 0 amide bonds. The molecule has 134 valence electrons. The van der Waals surface area contributed by atoms with E-state index in [1.54, 1.807) is 18.2 Å². The zero-order chi connectivity index (χ0) is 17.5. The molecule has 1 aromatic heterocycles. The molecule has 2 bridgehead atoms. The normalized spacial score (nSPS) is 25.6. The van der Waals surface area contributed by atoms with E-state index in [9.17, 15) is 8.42 Å². The highest BCUT2D eigenvalue weighted by Crippen LogP contribution is 2.54. The first kappa shape index (κ1) is 17.0. The Kier molecular flexibility index (Phi) is 4.33. The molecule has 0 atom stereocenters. The van der Waals surface area contributed by atoms with Crippen LogP contribution in [0.25, 0.3) is 11.4 Å². The predicted molar refractivity (Wildman–Crippen MR) is 94.4 cm³/mol. The SMILES string of the molecule is O=S(=O)(CC12CCC(CC1)C2)NCc1nc(-c2cccc(Cl)c2)no1. The number of benzene rings is 1. The molecule has 8 heteroatoms. The second-order valence-electron chi connectivity index (χ2n) is 7.25. The highest BCUT2D eigenvalue weighted by atomic mass is 35.5. The fourth-order valence-electron chi connectivity index (χ4n) is 4.21. The molecule has 25 heavy (non-hydrogen) atoms. The fraction of sp³-hybridized carbons (Fsp3) is 0.529. The van der Waals surface area contributed by atoms with Gasteiger partial charge >= 0.3 is 0 Å². The summed E-state index contributed by atoms with van der Waals surface area (Å²) in [5.74, 6) is 1.56. The number of fused-ring (bicyclic) bond motifs is 2. The summed E-state index contributed by atoms with van der Waals surface area (Å²) in [4.78, 5) is 4.24. The third kappa shape index (κ3) is 3.73. The zero-order valence-electron chi connectivity index (χ0n) is 13.7. The minimum atomic E-state index is -3.37. The summed E-state index contributed by atoms with van der Waals surface area (Å²) in [5.41, 5.74) is 0.712. The van der Waals surface area contributed by atoms with Gasteiger partial charge in [0.25, 0.3) is 0 Å². The van der Waals surface area contributed by atoms with E-state index in [0.717, 1.165) is 30.7 Å². The van der Waals surface area contributed by atoms with Crippen LogP contribution < -0.4 is 4.72 Å². The lowest BCUT2D eigenvalue weighted by molar-refractivity contribution is 0.331. The minimum Gasteiger partial charge on any atom is -0.338 e. The second kappa shape index (κ2) is 6.37. The van der Waals surface area contributed by atoms with E-state index >= 15 is 0 Å². The van der Waals surface area contributed by atoms with Gasteiger partial charge in [0.1, 0.15) is 0 Å². The number of hydrogen-bond acceptors (Lipinski definition) is 5.